The van der Waals surface area contributed by atoms with Crippen molar-refractivity contribution in [3.8, 4) is 11.5 Å². The normalized spacial score (nSPS) is 16.3. The lowest BCUT2D eigenvalue weighted by Crippen LogP contribution is -2.40. The van der Waals surface area contributed by atoms with Crippen molar-refractivity contribution in [3.63, 3.8) is 0 Å². The molecule has 2 aliphatic heterocycles. The van der Waals surface area contributed by atoms with Crippen molar-refractivity contribution in [2.24, 2.45) is 4.99 Å². The van der Waals surface area contributed by atoms with E-state index >= 15 is 0 Å². The minimum Gasteiger partial charge on any atom is -0.497 e. The number of hydrogen-bond acceptors (Lipinski definition) is 8. The fourth-order valence-electron chi connectivity index (χ4n) is 5.56. The van der Waals surface area contributed by atoms with Gasteiger partial charge in [0.15, 0.2) is 11.4 Å². The second-order valence-corrected chi connectivity index (χ2v) is 11.7. The molecule has 1 fully saturated rings. The first kappa shape index (κ1) is 30.1. The van der Waals surface area contributed by atoms with E-state index in [1.54, 1.807) is 48.9 Å². The molecule has 9 nitrogen and oxygen atoms in total. The summed E-state index contributed by atoms with van der Waals surface area (Å²) >= 11 is 1.26. The molecule has 1 aromatic heterocycles. The summed E-state index contributed by atoms with van der Waals surface area (Å²) in [7, 11) is 1.59. The third kappa shape index (κ3) is 6.32. The van der Waals surface area contributed by atoms with Crippen molar-refractivity contribution in [1.29, 1.82) is 0 Å². The molecule has 3 heterocycles. The summed E-state index contributed by atoms with van der Waals surface area (Å²) in [6, 6.07) is 23.2. The molecule has 45 heavy (non-hydrogen) atoms. The van der Waals surface area contributed by atoms with Crippen molar-refractivity contribution in [2.75, 3.05) is 33.4 Å². The maximum atomic E-state index is 14.1. The number of aromatic nitrogens is 1. The first-order valence-electron chi connectivity index (χ1n) is 14.9. The van der Waals surface area contributed by atoms with Crippen molar-refractivity contribution >= 4 is 35.0 Å². The molecule has 0 saturated carbocycles. The Morgan fingerprint density at radius 3 is 2.31 bits per heavy atom. The van der Waals surface area contributed by atoms with Crippen molar-refractivity contribution in [1.82, 2.24) is 9.47 Å². The Hall–Kier alpha value is -4.96. The number of carbonyl (C=O) groups is 2. The van der Waals surface area contributed by atoms with E-state index in [0.717, 1.165) is 42.6 Å². The Kier molecular flexibility index (Phi) is 8.93. The van der Waals surface area contributed by atoms with Crippen LogP contribution in [0, 0.1) is 0 Å². The van der Waals surface area contributed by atoms with E-state index in [1.807, 2.05) is 59.5 Å². The summed E-state index contributed by atoms with van der Waals surface area (Å²) < 4.78 is 18.6. The van der Waals surface area contributed by atoms with Crippen LogP contribution in [-0.4, -0.2) is 54.8 Å². The summed E-state index contributed by atoms with van der Waals surface area (Å²) in [6.45, 7) is 3.49. The van der Waals surface area contributed by atoms with E-state index in [2.05, 4.69) is 0 Å². The molecule has 0 N–H and O–H groups in total. The van der Waals surface area contributed by atoms with Crippen LogP contribution in [0.3, 0.4) is 0 Å². The zero-order valence-electron chi connectivity index (χ0n) is 25.1. The topological polar surface area (TPSA) is 99.4 Å². The van der Waals surface area contributed by atoms with Gasteiger partial charge in [0.05, 0.1) is 35.6 Å². The van der Waals surface area contributed by atoms with Crippen LogP contribution in [0.4, 0.5) is 0 Å². The standard InChI is InChI=1S/C35H33N3O6S/c1-3-43-34(41)30-31(24-9-5-4-6-10-24)36-35-38(32(30)25-13-17-26(42-2)18-14-25)33(40)28(45-35)21-23-11-15-27(16-12-23)44-22-29(39)37-19-7-8-20-37/h4-6,9-18,21,32H,3,7-8,19-20,22H2,1-2H3/b28-21+/t32-/m1/s1. The number of thiazole rings is 1. The number of fused-ring (bicyclic) bond motifs is 1. The molecule has 0 aliphatic carbocycles. The number of amides is 1. The monoisotopic (exact) mass is 623 g/mol. The third-order valence-electron chi connectivity index (χ3n) is 7.80. The van der Waals surface area contributed by atoms with Crippen molar-refractivity contribution in [3.05, 3.63) is 121 Å². The van der Waals surface area contributed by atoms with Gasteiger partial charge in [-0.05, 0) is 61.2 Å². The average Bonchev–Trinajstić information content (AvgIpc) is 3.73. The molecule has 3 aromatic carbocycles. The lowest BCUT2D eigenvalue weighted by molar-refractivity contribution is -0.139. The highest BCUT2D eigenvalue weighted by Gasteiger charge is 2.35. The molecular weight excluding hydrogens is 590 g/mol. The maximum absolute atomic E-state index is 14.1. The Morgan fingerprint density at radius 2 is 1.64 bits per heavy atom. The van der Waals surface area contributed by atoms with Crippen LogP contribution in [0.5, 0.6) is 11.5 Å². The van der Waals surface area contributed by atoms with Gasteiger partial charge in [-0.2, -0.15) is 0 Å². The average molecular weight is 624 g/mol. The highest BCUT2D eigenvalue weighted by molar-refractivity contribution is 7.07. The largest absolute Gasteiger partial charge is 0.497 e. The molecule has 6 rings (SSSR count). The van der Waals surface area contributed by atoms with Gasteiger partial charge in [-0.25, -0.2) is 9.79 Å². The third-order valence-corrected chi connectivity index (χ3v) is 8.79. The minimum absolute atomic E-state index is 0.00411. The van der Waals surface area contributed by atoms with E-state index in [4.69, 9.17) is 19.2 Å². The van der Waals surface area contributed by atoms with Gasteiger partial charge < -0.3 is 19.1 Å². The molecule has 230 valence electrons. The zero-order chi connectivity index (χ0) is 31.3. The Balaban J connectivity index is 1.41. The summed E-state index contributed by atoms with van der Waals surface area (Å²) in [5.41, 5.74) is 2.73. The molecule has 1 atom stereocenters. The molecule has 1 amide bonds. The van der Waals surface area contributed by atoms with Crippen molar-refractivity contribution in [2.45, 2.75) is 25.8 Å². The van der Waals surface area contributed by atoms with Gasteiger partial charge in [0, 0.05) is 18.7 Å². The smallest absolute Gasteiger partial charge is 0.338 e. The molecule has 4 aromatic rings. The van der Waals surface area contributed by atoms with Gasteiger partial charge in [0.2, 0.25) is 0 Å². The van der Waals surface area contributed by atoms with E-state index < -0.39 is 12.0 Å². The Bertz CT molecular complexity index is 1900. The van der Waals surface area contributed by atoms with Crippen molar-refractivity contribution < 1.29 is 23.8 Å². The number of esters is 1. The summed E-state index contributed by atoms with van der Waals surface area (Å²) in [5.74, 6) is 0.686. The molecule has 1 saturated heterocycles. The van der Waals surface area contributed by atoms with Crippen LogP contribution in [0.15, 0.2) is 94.2 Å². The first-order chi connectivity index (χ1) is 22.0. The van der Waals surface area contributed by atoms with Gasteiger partial charge in [-0.3, -0.25) is 14.2 Å². The molecule has 0 bridgehead atoms. The number of rotatable bonds is 9. The van der Waals surface area contributed by atoms with E-state index in [-0.39, 0.29) is 30.3 Å². The van der Waals surface area contributed by atoms with E-state index in [0.29, 0.717) is 26.5 Å². The molecule has 0 unspecified atom stereocenters. The van der Waals surface area contributed by atoms with Gasteiger partial charge >= 0.3 is 5.97 Å². The molecule has 2 aliphatic rings. The number of benzene rings is 3. The highest BCUT2D eigenvalue weighted by atomic mass is 32.1. The first-order valence-corrected chi connectivity index (χ1v) is 15.7. The number of hydrogen-bond donors (Lipinski definition) is 0. The predicted octanol–water partition coefficient (Wildman–Crippen LogP) is 3.95. The Morgan fingerprint density at radius 1 is 0.956 bits per heavy atom. The second-order valence-electron chi connectivity index (χ2n) is 10.7. The maximum Gasteiger partial charge on any atom is 0.338 e. The Labute approximate surface area is 264 Å². The molecule has 0 spiro atoms. The van der Waals surface area contributed by atoms with Gasteiger partial charge in [-0.15, -0.1) is 0 Å². The van der Waals surface area contributed by atoms with E-state index in [1.165, 1.54) is 11.3 Å². The lowest BCUT2D eigenvalue weighted by atomic mass is 9.93. The number of nitrogens with zero attached hydrogens (tertiary/aromatic N) is 3. The molecule has 10 heteroatoms. The summed E-state index contributed by atoms with van der Waals surface area (Å²) in [6.07, 6.45) is 3.86. The fourth-order valence-corrected chi connectivity index (χ4v) is 6.56. The number of carbonyl (C=O) groups excluding carboxylic acids is 2. The van der Waals surface area contributed by atoms with Crippen LogP contribution in [0.1, 0.15) is 42.5 Å². The SMILES string of the molecule is CCOC(=O)C1=C(c2ccccc2)N=c2s/c(=C/c3ccc(OCC(=O)N4CCCC4)cc3)c(=O)n2[C@@H]1c1ccc(OC)cc1. The van der Waals surface area contributed by atoms with E-state index in [9.17, 15) is 14.4 Å². The molecular formula is C35H33N3O6S. The van der Waals surface area contributed by atoms with Gasteiger partial charge in [0.1, 0.15) is 11.5 Å². The van der Waals surface area contributed by atoms with Gasteiger partial charge in [0.25, 0.3) is 11.5 Å². The summed E-state index contributed by atoms with van der Waals surface area (Å²) in [4.78, 5) is 47.2. The summed E-state index contributed by atoms with van der Waals surface area (Å²) in [5, 5.41) is 0. The second kappa shape index (κ2) is 13.4. The van der Waals surface area contributed by atoms with Crippen LogP contribution in [0.25, 0.3) is 11.8 Å². The zero-order valence-corrected chi connectivity index (χ0v) is 25.9. The fraction of sp³-hybridized carbons (Fsp3) is 0.257. The van der Waals surface area contributed by atoms with Crippen LogP contribution in [-0.2, 0) is 14.3 Å². The number of methoxy groups -OCH3 is 1. The predicted molar refractivity (Wildman–Crippen MR) is 172 cm³/mol. The number of ether oxygens (including phenoxy) is 3. The highest BCUT2D eigenvalue weighted by Crippen LogP contribution is 2.35. The van der Waals surface area contributed by atoms with Gasteiger partial charge in [-0.1, -0.05) is 65.9 Å². The van der Waals surface area contributed by atoms with Crippen LogP contribution >= 0.6 is 11.3 Å². The molecule has 0 radical (unpaired) electrons. The van der Waals surface area contributed by atoms with Crippen LogP contribution in [0.2, 0.25) is 0 Å². The quantitative estimate of drug-likeness (QED) is 0.262. The number of likely N-dealkylation sites (tertiary alicyclic amines) is 1. The van der Waals surface area contributed by atoms with Crippen LogP contribution < -0.4 is 24.4 Å². The lowest BCUT2D eigenvalue weighted by Gasteiger charge is -2.26. The minimum atomic E-state index is -0.771.